The molecule has 0 N–H and O–H groups in total. The van der Waals surface area contributed by atoms with Crippen molar-refractivity contribution in [3.63, 3.8) is 0 Å². The van der Waals surface area contributed by atoms with Gasteiger partial charge in [-0.2, -0.15) is 21.0 Å². The molecule has 0 amide bonds. The predicted molar refractivity (Wildman–Crippen MR) is 244 cm³/mol. The van der Waals surface area contributed by atoms with Gasteiger partial charge < -0.3 is 9.47 Å². The number of allylic oxidation sites excluding steroid dienone is 4. The topological polar surface area (TPSA) is 158 Å². The summed E-state index contributed by atoms with van der Waals surface area (Å²) in [6.45, 7) is 4.40. The van der Waals surface area contributed by atoms with Gasteiger partial charge in [0, 0.05) is 45.8 Å². The van der Waals surface area contributed by atoms with Gasteiger partial charge in [0.2, 0.25) is 0 Å². The highest BCUT2D eigenvalue weighted by Crippen LogP contribution is 2.59. The van der Waals surface area contributed by atoms with Crippen LogP contribution in [0.5, 0.6) is 11.5 Å². The average Bonchev–Trinajstić information content (AvgIpc) is 4.04. The molecule has 6 heterocycles. The monoisotopic (exact) mass is 892 g/mol. The summed E-state index contributed by atoms with van der Waals surface area (Å²) in [7, 11) is 0. The molecule has 0 aromatic carbocycles. The van der Waals surface area contributed by atoms with Crippen LogP contribution in [0.1, 0.15) is 97.6 Å². The molecule has 0 radical (unpaired) electrons. The molecule has 4 aromatic rings. The number of thiophene rings is 2. The summed E-state index contributed by atoms with van der Waals surface area (Å²) in [5.74, 6) is 1.87. The summed E-state index contributed by atoms with van der Waals surface area (Å²) in [6, 6.07) is 11.9. The minimum atomic E-state index is -0.451. The molecule has 0 bridgehead atoms. The van der Waals surface area contributed by atoms with E-state index in [1.54, 1.807) is 22.7 Å². The third-order valence-electron chi connectivity index (χ3n) is 13.2. The molecule has 10 rings (SSSR count). The standard InChI is InChI=1S/C48H40N6O4S4/c1-3-53-43(55)39(61-45(53)29(23-49)24-50)21-31-19-37-41(59-31)33-15-27-18-36-34(16-28(27)17-35(33)47(57-37)11-7-5-8-12-47)42-38(58-48(36)13-9-6-10-14-48)20-32(60-42)22-40-44(56)54(4-2)46(62-40)30(25-51)26-52/h15-22,27-28H,3-14H2,1-2H3/b39-21-,40-22-. The fourth-order valence-electron chi connectivity index (χ4n) is 10.3. The fourth-order valence-corrected chi connectivity index (χ4v) is 14.8. The molecule has 10 nitrogen and oxygen atoms in total. The van der Waals surface area contributed by atoms with Crippen molar-refractivity contribution < 1.29 is 9.47 Å². The first-order valence-electron chi connectivity index (χ1n) is 21.2. The van der Waals surface area contributed by atoms with Gasteiger partial charge in [-0.05, 0) is 101 Å². The summed E-state index contributed by atoms with van der Waals surface area (Å²) in [4.78, 5) is 30.9. The Labute approximate surface area is 373 Å². The molecule has 2 aliphatic heterocycles. The zero-order valence-electron chi connectivity index (χ0n) is 34.2. The molecule has 0 saturated heterocycles. The highest BCUT2D eigenvalue weighted by molar-refractivity contribution is 7.15. The first kappa shape index (κ1) is 40.3. The first-order chi connectivity index (χ1) is 30.2. The van der Waals surface area contributed by atoms with Crippen molar-refractivity contribution in [3.8, 4) is 35.8 Å². The summed E-state index contributed by atoms with van der Waals surface area (Å²) < 4.78 is 19.0. The van der Waals surface area contributed by atoms with E-state index >= 15 is 0 Å². The van der Waals surface area contributed by atoms with E-state index in [1.165, 1.54) is 66.9 Å². The van der Waals surface area contributed by atoms with Crippen molar-refractivity contribution in [1.82, 2.24) is 9.13 Å². The molecule has 2 fully saturated rings. The van der Waals surface area contributed by atoms with Crippen LogP contribution in [-0.2, 0) is 13.1 Å². The number of rotatable bonds is 4. The maximum atomic E-state index is 13.5. The van der Waals surface area contributed by atoms with Crippen molar-refractivity contribution in [1.29, 1.82) is 21.0 Å². The molecule has 6 aliphatic rings. The molecule has 4 aliphatic carbocycles. The Morgan fingerprint density at radius 3 is 1.37 bits per heavy atom. The lowest BCUT2D eigenvalue weighted by Gasteiger charge is -2.48. The number of nitrogens with zero attached hydrogens (tertiary/aromatic N) is 6. The predicted octanol–water partition coefficient (Wildman–Crippen LogP) is 7.12. The molecule has 2 saturated carbocycles. The quantitative estimate of drug-likeness (QED) is 0.210. The number of thiazole rings is 2. The van der Waals surface area contributed by atoms with Crippen LogP contribution in [0.2, 0.25) is 0 Å². The molecule has 62 heavy (non-hydrogen) atoms. The van der Waals surface area contributed by atoms with Gasteiger partial charge in [0.1, 0.15) is 56.3 Å². The second-order valence-electron chi connectivity index (χ2n) is 16.6. The van der Waals surface area contributed by atoms with E-state index in [9.17, 15) is 30.6 Å². The largest absolute Gasteiger partial charge is 0.481 e. The van der Waals surface area contributed by atoms with E-state index in [2.05, 4.69) is 36.4 Å². The van der Waals surface area contributed by atoms with Gasteiger partial charge in [-0.1, -0.05) is 37.1 Å². The number of aromatic nitrogens is 2. The first-order valence-corrected chi connectivity index (χ1v) is 24.5. The summed E-state index contributed by atoms with van der Waals surface area (Å²) in [5.41, 5.74) is 3.45. The smallest absolute Gasteiger partial charge is 0.269 e. The lowest BCUT2D eigenvalue weighted by atomic mass is 9.65. The van der Waals surface area contributed by atoms with Gasteiger partial charge in [-0.3, -0.25) is 18.7 Å². The van der Waals surface area contributed by atoms with Crippen LogP contribution in [0, 0.1) is 57.2 Å². The Balaban J connectivity index is 1.10. The Kier molecular flexibility index (Phi) is 10.1. The van der Waals surface area contributed by atoms with Gasteiger partial charge in [0.25, 0.3) is 11.1 Å². The van der Waals surface area contributed by atoms with Crippen molar-refractivity contribution in [2.24, 2.45) is 11.8 Å². The van der Waals surface area contributed by atoms with Crippen molar-refractivity contribution >= 4 is 79.8 Å². The van der Waals surface area contributed by atoms with Crippen LogP contribution >= 0.6 is 45.3 Å². The SMILES string of the molecule is CCn1c(=C(C#N)C#N)s/c(=C\c2cc3c(s2)C2=CC4C=C5C(=CC4C=C2C2(CCCCC2)O3)c2sc(/C=c3\sc(=C(C#N)C#N)n(CC)c3=O)cc2OC52CCCCC2)c1=O. The highest BCUT2D eigenvalue weighted by atomic mass is 32.1. The molecule has 2 atom stereocenters. The number of hydrogen-bond acceptors (Lipinski definition) is 12. The van der Waals surface area contributed by atoms with Crippen molar-refractivity contribution in [2.75, 3.05) is 0 Å². The van der Waals surface area contributed by atoms with Gasteiger partial charge in [-0.15, -0.1) is 45.3 Å². The van der Waals surface area contributed by atoms with E-state index in [-0.39, 0.29) is 34.1 Å². The van der Waals surface area contributed by atoms with Gasteiger partial charge in [-0.25, -0.2) is 0 Å². The Morgan fingerprint density at radius 2 is 1.02 bits per heavy atom. The number of fused-ring (bicyclic) bond motifs is 9. The van der Waals surface area contributed by atoms with E-state index in [1.807, 2.05) is 50.3 Å². The highest BCUT2D eigenvalue weighted by Gasteiger charge is 2.50. The van der Waals surface area contributed by atoms with Crippen LogP contribution in [-0.4, -0.2) is 20.3 Å². The molecule has 2 unspecified atom stereocenters. The third-order valence-corrected chi connectivity index (χ3v) is 17.6. The minimum absolute atomic E-state index is 0.0633. The Morgan fingerprint density at radius 1 is 0.629 bits per heavy atom. The second-order valence-corrected chi connectivity index (χ2v) is 20.8. The normalized spacial score (nSPS) is 21.7. The van der Waals surface area contributed by atoms with Crippen LogP contribution in [0.4, 0.5) is 0 Å². The van der Waals surface area contributed by atoms with Crippen LogP contribution in [0.25, 0.3) is 34.4 Å². The minimum Gasteiger partial charge on any atom is -0.481 e. The van der Waals surface area contributed by atoms with Crippen molar-refractivity contribution in [2.45, 2.75) is 102 Å². The van der Waals surface area contributed by atoms with E-state index in [4.69, 9.17) is 9.47 Å². The zero-order chi connectivity index (χ0) is 42.9. The maximum Gasteiger partial charge on any atom is 0.269 e. The molecule has 310 valence electrons. The third kappa shape index (κ3) is 6.30. The average molecular weight is 893 g/mol. The zero-order valence-corrected chi connectivity index (χ0v) is 37.5. The molecular weight excluding hydrogens is 853 g/mol. The Bertz CT molecular complexity index is 3050. The number of ether oxygens (including phenoxy) is 2. The molecular formula is C48H40N6O4S4. The number of nitriles is 4. The maximum absolute atomic E-state index is 13.5. The van der Waals surface area contributed by atoms with Crippen molar-refractivity contribution in [3.05, 3.63) is 106 Å². The Hall–Kier alpha value is -5.74. The van der Waals surface area contributed by atoms with Crippen LogP contribution in [0.15, 0.2) is 57.2 Å². The van der Waals surface area contributed by atoms with Crippen LogP contribution in [0.3, 0.4) is 0 Å². The molecule has 2 spiro atoms. The van der Waals surface area contributed by atoms with E-state index < -0.39 is 11.2 Å². The lowest BCUT2D eigenvalue weighted by Crippen LogP contribution is -2.45. The lowest BCUT2D eigenvalue weighted by molar-refractivity contribution is 0.0636. The molecule has 4 aromatic heterocycles. The summed E-state index contributed by atoms with van der Waals surface area (Å²) in [5, 5.41) is 38.4. The number of hydrogen-bond donors (Lipinski definition) is 0. The van der Waals surface area contributed by atoms with Gasteiger partial charge in [0.15, 0.2) is 11.1 Å². The van der Waals surface area contributed by atoms with Crippen LogP contribution < -0.4 is 39.0 Å². The van der Waals surface area contributed by atoms with E-state index in [0.717, 1.165) is 82.4 Å². The summed E-state index contributed by atoms with van der Waals surface area (Å²) >= 11 is 5.59. The summed E-state index contributed by atoms with van der Waals surface area (Å²) in [6.07, 6.45) is 23.9. The second kappa shape index (κ2) is 15.6. The fraction of sp³-hybridized carbons (Fsp3) is 0.375. The van der Waals surface area contributed by atoms with Gasteiger partial charge in [0.05, 0.1) is 18.8 Å². The van der Waals surface area contributed by atoms with Gasteiger partial charge >= 0.3 is 0 Å². The molecule has 14 heteroatoms. The van der Waals surface area contributed by atoms with E-state index in [0.29, 0.717) is 31.5 Å².